The van der Waals surface area contributed by atoms with E-state index in [1.165, 1.54) is 7.11 Å². The molecule has 98 valence electrons. The Labute approximate surface area is 108 Å². The molecule has 4 nitrogen and oxygen atoms in total. The summed E-state index contributed by atoms with van der Waals surface area (Å²) in [5.74, 6) is 0.627. The van der Waals surface area contributed by atoms with Crippen molar-refractivity contribution in [3.63, 3.8) is 0 Å². The molecule has 0 aromatic heterocycles. The summed E-state index contributed by atoms with van der Waals surface area (Å²) in [5.41, 5.74) is 6.07. The highest BCUT2D eigenvalue weighted by Crippen LogP contribution is 2.40. The standard InChI is InChI=1S/C12H19NO3.ClH/c1-12(2,7-14)11(13)10-8(15)5-4-6-9(10)16-3;/h4-6,11,14-15H,7,13H2,1-3H3;1H/t11-;/m1./s1. The fraction of sp³-hybridized carbons (Fsp3) is 0.500. The van der Waals surface area contributed by atoms with Crippen LogP contribution in [0.5, 0.6) is 11.5 Å². The number of phenols is 1. The number of rotatable bonds is 4. The van der Waals surface area contributed by atoms with Crippen LogP contribution in [0.3, 0.4) is 0 Å². The number of halogens is 1. The van der Waals surface area contributed by atoms with Crippen LogP contribution in [-0.4, -0.2) is 23.9 Å². The Morgan fingerprint density at radius 1 is 1.41 bits per heavy atom. The molecule has 1 aromatic rings. The highest BCUT2D eigenvalue weighted by molar-refractivity contribution is 5.85. The molecule has 0 aliphatic heterocycles. The first-order valence-corrected chi connectivity index (χ1v) is 5.16. The number of hydrogen-bond donors (Lipinski definition) is 3. The Bertz CT molecular complexity index is 369. The molecule has 1 atom stereocenters. The Kier molecular flexibility index (Phi) is 5.75. The Morgan fingerprint density at radius 3 is 2.47 bits per heavy atom. The number of aliphatic hydroxyl groups is 1. The molecule has 0 bridgehead atoms. The van der Waals surface area contributed by atoms with Gasteiger partial charge >= 0.3 is 0 Å². The molecule has 0 amide bonds. The molecule has 0 fully saturated rings. The molecule has 1 rings (SSSR count). The summed E-state index contributed by atoms with van der Waals surface area (Å²) in [6, 6.07) is 4.50. The van der Waals surface area contributed by atoms with E-state index in [2.05, 4.69) is 0 Å². The van der Waals surface area contributed by atoms with E-state index in [4.69, 9.17) is 10.5 Å². The van der Waals surface area contributed by atoms with Crippen LogP contribution in [0.4, 0.5) is 0 Å². The lowest BCUT2D eigenvalue weighted by molar-refractivity contribution is 0.130. The van der Waals surface area contributed by atoms with E-state index in [0.29, 0.717) is 11.3 Å². The summed E-state index contributed by atoms with van der Waals surface area (Å²) < 4.78 is 5.17. The predicted molar refractivity (Wildman–Crippen MR) is 69.7 cm³/mol. The van der Waals surface area contributed by atoms with Crippen LogP contribution in [0, 0.1) is 5.41 Å². The largest absolute Gasteiger partial charge is 0.507 e. The van der Waals surface area contributed by atoms with Gasteiger partial charge in [0.05, 0.1) is 12.7 Å². The first kappa shape index (κ1) is 16.0. The zero-order valence-electron chi connectivity index (χ0n) is 10.3. The third-order valence-electron chi connectivity index (χ3n) is 2.82. The number of nitrogens with two attached hydrogens (primary N) is 1. The number of aromatic hydroxyl groups is 1. The lowest BCUT2D eigenvalue weighted by atomic mass is 9.81. The van der Waals surface area contributed by atoms with Gasteiger partial charge in [0.2, 0.25) is 0 Å². The van der Waals surface area contributed by atoms with Crippen molar-refractivity contribution in [1.29, 1.82) is 0 Å². The third-order valence-corrected chi connectivity index (χ3v) is 2.82. The number of aliphatic hydroxyl groups excluding tert-OH is 1. The van der Waals surface area contributed by atoms with E-state index in [0.717, 1.165) is 0 Å². The maximum atomic E-state index is 9.81. The smallest absolute Gasteiger partial charge is 0.127 e. The SMILES string of the molecule is COc1cccc(O)c1[C@@H](N)C(C)(C)CO.Cl. The summed E-state index contributed by atoms with van der Waals surface area (Å²) in [6.07, 6.45) is 0. The maximum absolute atomic E-state index is 9.81. The first-order chi connectivity index (χ1) is 7.44. The molecule has 0 spiro atoms. The van der Waals surface area contributed by atoms with Crippen LogP contribution in [-0.2, 0) is 0 Å². The normalized spacial score (nSPS) is 12.8. The molecule has 0 heterocycles. The van der Waals surface area contributed by atoms with E-state index >= 15 is 0 Å². The van der Waals surface area contributed by atoms with Crippen LogP contribution in [0.15, 0.2) is 18.2 Å². The fourth-order valence-electron chi connectivity index (χ4n) is 1.51. The van der Waals surface area contributed by atoms with Crippen LogP contribution in [0.1, 0.15) is 25.5 Å². The molecule has 4 N–H and O–H groups in total. The second-order valence-electron chi connectivity index (χ2n) is 4.52. The van der Waals surface area contributed by atoms with Gasteiger partial charge in [0.1, 0.15) is 11.5 Å². The molecule has 0 saturated heterocycles. The van der Waals surface area contributed by atoms with Crippen LogP contribution in [0.2, 0.25) is 0 Å². The predicted octanol–water partition coefficient (Wildman–Crippen LogP) is 1.84. The highest BCUT2D eigenvalue weighted by atomic mass is 35.5. The second kappa shape index (κ2) is 6.10. The van der Waals surface area contributed by atoms with Gasteiger partial charge in [-0.2, -0.15) is 0 Å². The molecule has 0 radical (unpaired) electrons. The minimum absolute atomic E-state index is 0. The number of ether oxygens (including phenoxy) is 1. The molecular weight excluding hydrogens is 242 g/mol. The van der Waals surface area contributed by atoms with E-state index in [1.807, 2.05) is 13.8 Å². The lowest BCUT2D eigenvalue weighted by Gasteiger charge is -2.31. The van der Waals surface area contributed by atoms with Gasteiger partial charge in [0.25, 0.3) is 0 Å². The number of phenolic OH excluding ortho intramolecular Hbond substituents is 1. The zero-order valence-corrected chi connectivity index (χ0v) is 11.1. The van der Waals surface area contributed by atoms with Gasteiger partial charge in [-0.3, -0.25) is 0 Å². The van der Waals surface area contributed by atoms with Crippen molar-refractivity contribution in [3.05, 3.63) is 23.8 Å². The summed E-state index contributed by atoms with van der Waals surface area (Å²) in [7, 11) is 1.52. The van der Waals surface area contributed by atoms with Gasteiger partial charge in [0, 0.05) is 18.1 Å². The van der Waals surface area contributed by atoms with E-state index in [1.54, 1.807) is 18.2 Å². The van der Waals surface area contributed by atoms with Crippen LogP contribution in [0.25, 0.3) is 0 Å². The molecule has 17 heavy (non-hydrogen) atoms. The fourth-order valence-corrected chi connectivity index (χ4v) is 1.51. The minimum Gasteiger partial charge on any atom is -0.507 e. The summed E-state index contributed by atoms with van der Waals surface area (Å²) >= 11 is 0. The van der Waals surface area contributed by atoms with Crippen molar-refractivity contribution in [3.8, 4) is 11.5 Å². The molecular formula is C12H20ClNO3. The average Bonchev–Trinajstić information content (AvgIpc) is 2.27. The van der Waals surface area contributed by atoms with Crippen LogP contribution < -0.4 is 10.5 Å². The lowest BCUT2D eigenvalue weighted by Crippen LogP contribution is -2.32. The van der Waals surface area contributed by atoms with Gasteiger partial charge in [-0.05, 0) is 12.1 Å². The molecule has 0 aliphatic rings. The van der Waals surface area contributed by atoms with E-state index in [9.17, 15) is 10.2 Å². The summed E-state index contributed by atoms with van der Waals surface area (Å²) in [5, 5.41) is 19.1. The second-order valence-corrected chi connectivity index (χ2v) is 4.52. The number of methoxy groups -OCH3 is 1. The van der Waals surface area contributed by atoms with Gasteiger partial charge in [0.15, 0.2) is 0 Å². The number of benzene rings is 1. The Balaban J connectivity index is 0.00000256. The highest BCUT2D eigenvalue weighted by Gasteiger charge is 2.31. The topological polar surface area (TPSA) is 75.7 Å². The van der Waals surface area contributed by atoms with Crippen molar-refractivity contribution in [1.82, 2.24) is 0 Å². The van der Waals surface area contributed by atoms with Gasteiger partial charge in [-0.25, -0.2) is 0 Å². The molecule has 0 saturated carbocycles. The summed E-state index contributed by atoms with van der Waals surface area (Å²) in [4.78, 5) is 0. The Hall–Kier alpha value is -0.970. The minimum atomic E-state index is -0.522. The maximum Gasteiger partial charge on any atom is 0.127 e. The van der Waals surface area contributed by atoms with Gasteiger partial charge in [-0.1, -0.05) is 19.9 Å². The van der Waals surface area contributed by atoms with Crippen molar-refractivity contribution >= 4 is 12.4 Å². The summed E-state index contributed by atoms with van der Waals surface area (Å²) in [6.45, 7) is 3.61. The average molecular weight is 262 g/mol. The number of hydrogen-bond acceptors (Lipinski definition) is 4. The first-order valence-electron chi connectivity index (χ1n) is 5.16. The monoisotopic (exact) mass is 261 g/mol. The van der Waals surface area contributed by atoms with Gasteiger partial charge < -0.3 is 20.7 Å². The van der Waals surface area contributed by atoms with Crippen molar-refractivity contribution in [2.24, 2.45) is 11.1 Å². The quantitative estimate of drug-likeness (QED) is 0.773. The molecule has 5 heteroatoms. The Morgan fingerprint density at radius 2 is 2.00 bits per heavy atom. The van der Waals surface area contributed by atoms with Crippen LogP contribution >= 0.6 is 12.4 Å². The van der Waals surface area contributed by atoms with E-state index in [-0.39, 0.29) is 24.8 Å². The molecule has 1 aromatic carbocycles. The third kappa shape index (κ3) is 3.25. The van der Waals surface area contributed by atoms with E-state index < -0.39 is 11.5 Å². The van der Waals surface area contributed by atoms with Gasteiger partial charge in [-0.15, -0.1) is 12.4 Å². The molecule has 0 unspecified atom stereocenters. The van der Waals surface area contributed by atoms with Crippen molar-refractivity contribution in [2.75, 3.05) is 13.7 Å². The van der Waals surface area contributed by atoms with Crippen molar-refractivity contribution in [2.45, 2.75) is 19.9 Å². The zero-order chi connectivity index (χ0) is 12.3. The molecule has 0 aliphatic carbocycles. The van der Waals surface area contributed by atoms with Crippen molar-refractivity contribution < 1.29 is 14.9 Å².